The summed E-state index contributed by atoms with van der Waals surface area (Å²) in [6.45, 7) is 6.68. The Hall–Kier alpha value is -0.850. The van der Waals surface area contributed by atoms with Gasteiger partial charge in [0.1, 0.15) is 10.7 Å². The van der Waals surface area contributed by atoms with E-state index < -0.39 is 10.0 Å². The molecule has 2 rings (SSSR count). The maximum atomic E-state index is 12.8. The molecule has 0 radical (unpaired) electrons. The molecule has 1 fully saturated rings. The lowest BCUT2D eigenvalue weighted by atomic mass is 9.88. The van der Waals surface area contributed by atoms with Gasteiger partial charge in [-0.15, -0.1) is 0 Å². The van der Waals surface area contributed by atoms with Crippen molar-refractivity contribution in [2.45, 2.75) is 38.1 Å². The highest BCUT2D eigenvalue weighted by molar-refractivity contribution is 7.89. The molecule has 5 nitrogen and oxygen atoms in total. The first-order valence-corrected chi connectivity index (χ1v) is 8.94. The first-order chi connectivity index (χ1) is 9.77. The van der Waals surface area contributed by atoms with Crippen molar-refractivity contribution in [3.05, 3.63) is 17.3 Å². The molecule has 118 valence electrons. The van der Waals surface area contributed by atoms with Crippen LogP contribution in [0.25, 0.3) is 0 Å². The summed E-state index contributed by atoms with van der Waals surface area (Å²) < 4.78 is 27.3. The zero-order valence-corrected chi connectivity index (χ0v) is 14.4. The van der Waals surface area contributed by atoms with Crippen LogP contribution in [-0.4, -0.2) is 37.3 Å². The Bertz CT molecular complexity index is 621. The number of pyridine rings is 1. The third-order valence-electron chi connectivity index (χ3n) is 4.20. The lowest BCUT2D eigenvalue weighted by Crippen LogP contribution is -2.48. The van der Waals surface area contributed by atoms with E-state index in [2.05, 4.69) is 24.1 Å². The van der Waals surface area contributed by atoms with Gasteiger partial charge in [0.05, 0.1) is 5.02 Å². The normalized spacial score (nSPS) is 27.6. The second kappa shape index (κ2) is 6.10. The highest BCUT2D eigenvalue weighted by Gasteiger charge is 2.37. The van der Waals surface area contributed by atoms with Gasteiger partial charge in [0, 0.05) is 25.8 Å². The van der Waals surface area contributed by atoms with E-state index in [1.54, 1.807) is 11.4 Å². The monoisotopic (exact) mass is 331 g/mol. The molecule has 0 saturated carbocycles. The van der Waals surface area contributed by atoms with Crippen LogP contribution in [0.4, 0.5) is 5.82 Å². The van der Waals surface area contributed by atoms with E-state index in [-0.39, 0.29) is 10.9 Å². The summed E-state index contributed by atoms with van der Waals surface area (Å²) >= 11 is 6.06. The van der Waals surface area contributed by atoms with E-state index in [4.69, 9.17) is 11.6 Å². The molecule has 0 aromatic carbocycles. The topological polar surface area (TPSA) is 62.3 Å². The van der Waals surface area contributed by atoms with Crippen molar-refractivity contribution < 1.29 is 8.42 Å². The fourth-order valence-corrected chi connectivity index (χ4v) is 5.01. The number of hydrogen-bond donors (Lipinski definition) is 1. The van der Waals surface area contributed by atoms with Crippen molar-refractivity contribution in [2.75, 3.05) is 18.9 Å². The summed E-state index contributed by atoms with van der Waals surface area (Å²) in [6.07, 6.45) is 2.41. The lowest BCUT2D eigenvalue weighted by Gasteiger charge is -2.39. The Morgan fingerprint density at radius 1 is 1.38 bits per heavy atom. The number of rotatable bonds is 3. The van der Waals surface area contributed by atoms with Gasteiger partial charge in [-0.2, -0.15) is 4.31 Å². The van der Waals surface area contributed by atoms with E-state index in [1.807, 2.05) is 6.92 Å². The van der Waals surface area contributed by atoms with Crippen molar-refractivity contribution >= 4 is 27.4 Å². The van der Waals surface area contributed by atoms with Crippen LogP contribution < -0.4 is 5.32 Å². The van der Waals surface area contributed by atoms with Crippen LogP contribution in [0.1, 0.15) is 27.2 Å². The quantitative estimate of drug-likeness (QED) is 0.925. The average molecular weight is 332 g/mol. The van der Waals surface area contributed by atoms with Gasteiger partial charge in [0.2, 0.25) is 10.0 Å². The van der Waals surface area contributed by atoms with Gasteiger partial charge in [-0.1, -0.05) is 25.4 Å². The molecule has 2 heterocycles. The molecule has 0 bridgehead atoms. The molecule has 3 atom stereocenters. The number of halogens is 1. The van der Waals surface area contributed by atoms with Crippen molar-refractivity contribution in [2.24, 2.45) is 11.8 Å². The number of piperidine rings is 1. The van der Waals surface area contributed by atoms with Crippen LogP contribution in [0, 0.1) is 11.8 Å². The summed E-state index contributed by atoms with van der Waals surface area (Å²) in [5.74, 6) is 1.17. The maximum absolute atomic E-state index is 12.8. The summed E-state index contributed by atoms with van der Waals surface area (Å²) in [5, 5.41) is 3.13. The van der Waals surface area contributed by atoms with Crippen LogP contribution in [0.2, 0.25) is 5.02 Å². The smallest absolute Gasteiger partial charge is 0.244 e. The minimum atomic E-state index is -3.57. The Morgan fingerprint density at radius 3 is 2.62 bits per heavy atom. The van der Waals surface area contributed by atoms with E-state index in [1.165, 1.54) is 12.3 Å². The predicted molar refractivity (Wildman–Crippen MR) is 85.1 cm³/mol. The first kappa shape index (κ1) is 16.5. The second-order valence-electron chi connectivity index (χ2n) is 5.88. The van der Waals surface area contributed by atoms with Gasteiger partial charge in [-0.05, 0) is 31.2 Å². The van der Waals surface area contributed by atoms with Crippen molar-refractivity contribution in [1.82, 2.24) is 9.29 Å². The van der Waals surface area contributed by atoms with Gasteiger partial charge >= 0.3 is 0 Å². The zero-order valence-electron chi connectivity index (χ0n) is 12.8. The number of anilines is 1. The molecule has 1 aromatic rings. The minimum Gasteiger partial charge on any atom is -0.372 e. The summed E-state index contributed by atoms with van der Waals surface area (Å²) in [6, 6.07) is 1.45. The molecule has 7 heteroatoms. The molecule has 0 amide bonds. The zero-order chi connectivity index (χ0) is 15.8. The third kappa shape index (κ3) is 3.17. The maximum Gasteiger partial charge on any atom is 0.244 e. The molecular weight excluding hydrogens is 310 g/mol. The highest BCUT2D eigenvalue weighted by atomic mass is 35.5. The SMILES string of the molecule is CNc1ncc(S(=O)(=O)N2CC(C)CC(C)C2C)cc1Cl. The van der Waals surface area contributed by atoms with Crippen LogP contribution in [-0.2, 0) is 10.0 Å². The molecule has 1 aliphatic heterocycles. The Morgan fingerprint density at radius 2 is 2.05 bits per heavy atom. The average Bonchev–Trinajstić information content (AvgIpc) is 2.42. The van der Waals surface area contributed by atoms with Crippen molar-refractivity contribution in [3.8, 4) is 0 Å². The Labute approximate surface area is 131 Å². The predicted octanol–water partition coefficient (Wildman–Crippen LogP) is 2.83. The molecule has 0 spiro atoms. The highest BCUT2D eigenvalue weighted by Crippen LogP contribution is 2.32. The van der Waals surface area contributed by atoms with E-state index in [9.17, 15) is 8.42 Å². The van der Waals surface area contributed by atoms with Gasteiger partial charge in [-0.3, -0.25) is 0 Å². The molecule has 1 N–H and O–H groups in total. The van der Waals surface area contributed by atoms with Crippen LogP contribution >= 0.6 is 11.6 Å². The van der Waals surface area contributed by atoms with Crippen molar-refractivity contribution in [3.63, 3.8) is 0 Å². The molecule has 1 saturated heterocycles. The molecule has 1 aromatic heterocycles. The first-order valence-electron chi connectivity index (χ1n) is 7.12. The number of hydrogen-bond acceptors (Lipinski definition) is 4. The number of aromatic nitrogens is 1. The summed E-state index contributed by atoms with van der Waals surface area (Å²) in [5.41, 5.74) is 0. The van der Waals surface area contributed by atoms with Crippen LogP contribution in [0.3, 0.4) is 0 Å². The number of nitrogens with zero attached hydrogens (tertiary/aromatic N) is 2. The van der Waals surface area contributed by atoms with Crippen molar-refractivity contribution in [1.29, 1.82) is 0 Å². The fraction of sp³-hybridized carbons (Fsp3) is 0.643. The summed E-state index contributed by atoms with van der Waals surface area (Å²) in [7, 11) is -1.87. The van der Waals surface area contributed by atoms with Crippen LogP contribution in [0.15, 0.2) is 17.2 Å². The van der Waals surface area contributed by atoms with Gasteiger partial charge in [0.15, 0.2) is 0 Å². The molecular formula is C14H22ClN3O2S. The van der Waals surface area contributed by atoms with Gasteiger partial charge < -0.3 is 5.32 Å². The third-order valence-corrected chi connectivity index (χ3v) is 6.41. The second-order valence-corrected chi connectivity index (χ2v) is 8.18. The van der Waals surface area contributed by atoms with E-state index >= 15 is 0 Å². The molecule has 1 aliphatic rings. The lowest BCUT2D eigenvalue weighted by molar-refractivity contribution is 0.157. The summed E-state index contributed by atoms with van der Waals surface area (Å²) in [4.78, 5) is 4.22. The van der Waals surface area contributed by atoms with Gasteiger partial charge in [-0.25, -0.2) is 13.4 Å². The van der Waals surface area contributed by atoms with Gasteiger partial charge in [0.25, 0.3) is 0 Å². The largest absolute Gasteiger partial charge is 0.372 e. The number of nitrogens with one attached hydrogen (secondary N) is 1. The Kier molecular flexibility index (Phi) is 4.80. The number of sulfonamides is 1. The molecule has 3 unspecified atom stereocenters. The van der Waals surface area contributed by atoms with E-state index in [0.29, 0.717) is 29.2 Å². The minimum absolute atomic E-state index is 0.0195. The Balaban J connectivity index is 2.39. The fourth-order valence-electron chi connectivity index (χ4n) is 2.86. The van der Waals surface area contributed by atoms with E-state index in [0.717, 1.165) is 6.42 Å². The molecule has 21 heavy (non-hydrogen) atoms. The standard InChI is InChI=1S/C14H22ClN3O2S/c1-9-5-10(2)11(3)18(8-9)21(19,20)12-6-13(15)14(16-4)17-7-12/h6-7,9-11H,5,8H2,1-4H3,(H,16,17). The molecule has 0 aliphatic carbocycles. The van der Waals surface area contributed by atoms with Crippen LogP contribution in [0.5, 0.6) is 0 Å².